The van der Waals surface area contributed by atoms with Crippen LogP contribution in [-0.2, 0) is 19.1 Å². The molecule has 3 heterocycles. The fourth-order valence-electron chi connectivity index (χ4n) is 4.81. The van der Waals surface area contributed by atoms with Crippen LogP contribution >= 0.6 is 12.6 Å². The van der Waals surface area contributed by atoms with Crippen LogP contribution in [0.5, 0.6) is 0 Å². The lowest BCUT2D eigenvalue weighted by molar-refractivity contribution is -0.137. The average molecular weight is 423 g/mol. The van der Waals surface area contributed by atoms with Gasteiger partial charge in [-0.05, 0) is 20.8 Å². The van der Waals surface area contributed by atoms with Gasteiger partial charge in [0.2, 0.25) is 11.6 Å². The van der Waals surface area contributed by atoms with Crippen LogP contribution in [0.15, 0.2) is 22.5 Å². The molecule has 3 aliphatic heterocycles. The number of ether oxygens (including phenoxy) is 2. The lowest BCUT2D eigenvalue weighted by Gasteiger charge is -2.39. The number of ketones is 2. The number of nitrogens with one attached hydrogen (secondary N) is 2. The number of piperazine rings is 1. The van der Waals surface area contributed by atoms with Crippen LogP contribution in [0, 0.1) is 5.92 Å². The number of allylic oxidation sites excluding steroid dienone is 2. The maximum Gasteiger partial charge on any atom is 0.404 e. The molecule has 4 aliphatic rings. The van der Waals surface area contributed by atoms with Gasteiger partial charge in [0.1, 0.15) is 6.61 Å². The van der Waals surface area contributed by atoms with E-state index in [9.17, 15) is 14.4 Å². The summed E-state index contributed by atoms with van der Waals surface area (Å²) in [4.78, 5) is 40.0. The van der Waals surface area contributed by atoms with Gasteiger partial charge in [0, 0.05) is 42.1 Å². The Kier molecular flexibility index (Phi) is 4.52. The second-order valence-electron chi connectivity index (χ2n) is 8.59. The number of hydrogen-bond donors (Lipinski definition) is 4. The summed E-state index contributed by atoms with van der Waals surface area (Å²) in [5, 5.41) is 6.43. The van der Waals surface area contributed by atoms with Gasteiger partial charge in [-0.2, -0.15) is 12.6 Å². The zero-order chi connectivity index (χ0) is 21.3. The van der Waals surface area contributed by atoms with Gasteiger partial charge in [-0.25, -0.2) is 4.79 Å². The highest BCUT2D eigenvalue weighted by atomic mass is 32.1. The summed E-state index contributed by atoms with van der Waals surface area (Å²) in [6, 6.07) is 0.102. The molecule has 0 spiro atoms. The van der Waals surface area contributed by atoms with E-state index in [4.69, 9.17) is 15.2 Å². The maximum absolute atomic E-state index is 13.5. The summed E-state index contributed by atoms with van der Waals surface area (Å²) in [5.41, 5.74) is 5.50. The molecule has 29 heavy (non-hydrogen) atoms. The smallest absolute Gasteiger partial charge is 0.404 e. The van der Waals surface area contributed by atoms with E-state index in [0.29, 0.717) is 29.9 Å². The van der Waals surface area contributed by atoms with Gasteiger partial charge in [0.25, 0.3) is 0 Å². The molecule has 4 atom stereocenters. The number of Topliss-reactive ketones (excluding diaryl/α,β-unsaturated/α-hetero) is 2. The molecule has 0 aromatic rings. The van der Waals surface area contributed by atoms with E-state index in [2.05, 4.69) is 23.3 Å². The van der Waals surface area contributed by atoms with E-state index >= 15 is 0 Å². The second kappa shape index (κ2) is 6.48. The number of carbonyl (C=O) groups is 3. The Balaban J connectivity index is 1.75. The largest absolute Gasteiger partial charge is 0.449 e. The average Bonchev–Trinajstić information content (AvgIpc) is 3.23. The SMILES string of the molecule is CO[C@@]12[C@H](COC(N)=O)C3=C(C(=O)C(C)=C(NCC(C)(C)S)C3=O)N1C[C@@H]1N[C@@H]12. The summed E-state index contributed by atoms with van der Waals surface area (Å²) in [7, 11) is 1.54. The summed E-state index contributed by atoms with van der Waals surface area (Å²) in [5.74, 6) is -1.13. The number of hydrogen-bond acceptors (Lipinski definition) is 9. The summed E-state index contributed by atoms with van der Waals surface area (Å²) < 4.78 is 10.6. The lowest BCUT2D eigenvalue weighted by atomic mass is 9.82. The van der Waals surface area contributed by atoms with Crippen LogP contribution in [-0.4, -0.2) is 71.9 Å². The zero-order valence-corrected chi connectivity index (χ0v) is 17.8. The van der Waals surface area contributed by atoms with Gasteiger partial charge in [0.15, 0.2) is 5.72 Å². The van der Waals surface area contributed by atoms with E-state index in [0.717, 1.165) is 0 Å². The first-order valence-electron chi connectivity index (χ1n) is 9.54. The molecule has 1 aliphatic carbocycles. The number of amides is 1. The molecular weight excluding hydrogens is 396 g/mol. The highest BCUT2D eigenvalue weighted by Gasteiger charge is 2.72. The van der Waals surface area contributed by atoms with Crippen molar-refractivity contribution in [3.63, 3.8) is 0 Å². The number of rotatable bonds is 6. The van der Waals surface area contributed by atoms with E-state index in [1.165, 1.54) is 0 Å². The Labute approximate surface area is 174 Å². The molecule has 1 amide bonds. The first-order chi connectivity index (χ1) is 13.5. The summed E-state index contributed by atoms with van der Waals surface area (Å²) in [6.45, 7) is 6.27. The first-order valence-corrected chi connectivity index (χ1v) is 9.99. The quantitative estimate of drug-likeness (QED) is 0.260. The van der Waals surface area contributed by atoms with Crippen molar-refractivity contribution >= 4 is 30.3 Å². The number of primary amides is 1. The molecule has 158 valence electrons. The molecular formula is C19H26N4O5S. The Morgan fingerprint density at radius 1 is 1.41 bits per heavy atom. The fourth-order valence-corrected chi connectivity index (χ4v) is 4.89. The summed E-state index contributed by atoms with van der Waals surface area (Å²) >= 11 is 4.48. The van der Waals surface area contributed by atoms with E-state index < -0.39 is 17.7 Å². The number of nitrogens with two attached hydrogens (primary N) is 1. The third-order valence-corrected chi connectivity index (χ3v) is 6.28. The molecule has 0 radical (unpaired) electrons. The minimum atomic E-state index is -0.964. The third kappa shape index (κ3) is 2.88. The Bertz CT molecular complexity index is 876. The summed E-state index contributed by atoms with van der Waals surface area (Å²) in [6.07, 6.45) is -0.938. The maximum atomic E-state index is 13.5. The number of nitrogens with zero attached hydrogens (tertiary/aromatic N) is 1. The third-order valence-electron chi connectivity index (χ3n) is 6.13. The minimum Gasteiger partial charge on any atom is -0.449 e. The van der Waals surface area contributed by atoms with Crippen LogP contribution in [0.25, 0.3) is 0 Å². The highest BCUT2D eigenvalue weighted by molar-refractivity contribution is 7.81. The van der Waals surface area contributed by atoms with Crippen molar-refractivity contribution in [3.05, 3.63) is 22.5 Å². The first kappa shape index (κ1) is 20.2. The van der Waals surface area contributed by atoms with Crippen molar-refractivity contribution in [1.82, 2.24) is 15.5 Å². The molecule has 9 nitrogen and oxygen atoms in total. The molecule has 0 unspecified atom stereocenters. The molecule has 4 N–H and O–H groups in total. The van der Waals surface area contributed by atoms with Crippen LogP contribution < -0.4 is 16.4 Å². The van der Waals surface area contributed by atoms with Gasteiger partial charge in [-0.3, -0.25) is 9.59 Å². The van der Waals surface area contributed by atoms with Gasteiger partial charge in [-0.15, -0.1) is 0 Å². The van der Waals surface area contributed by atoms with Crippen molar-refractivity contribution in [2.75, 3.05) is 26.8 Å². The van der Waals surface area contributed by atoms with Gasteiger partial charge < -0.3 is 30.7 Å². The van der Waals surface area contributed by atoms with E-state index in [1.54, 1.807) is 14.0 Å². The van der Waals surface area contributed by atoms with Crippen molar-refractivity contribution in [2.45, 2.75) is 43.3 Å². The van der Waals surface area contributed by atoms with Crippen molar-refractivity contribution in [3.8, 4) is 0 Å². The van der Waals surface area contributed by atoms with Crippen molar-refractivity contribution in [1.29, 1.82) is 0 Å². The standard InChI is InChI=1S/C19H26N4O5S/c1-8-12(21-7-18(2,3)29)15(25)11-9(6-28-17(20)26)19(27-4)16-10(22-16)5-23(19)13(11)14(8)24/h9-10,16,21-22,29H,5-7H2,1-4H3,(H2,20,26)/t9-,10+,16+,19-/m1/s1. The number of thiol groups is 1. The van der Waals surface area contributed by atoms with Crippen molar-refractivity contribution in [2.24, 2.45) is 11.7 Å². The van der Waals surface area contributed by atoms with Gasteiger partial charge in [-0.1, -0.05) is 0 Å². The topological polar surface area (TPSA) is 133 Å². The molecule has 0 bridgehead atoms. The molecule has 0 aromatic heterocycles. The van der Waals surface area contributed by atoms with Gasteiger partial charge in [0.05, 0.1) is 23.4 Å². The lowest BCUT2D eigenvalue weighted by Crippen LogP contribution is -2.55. The molecule has 0 saturated carbocycles. The Hall–Kier alpha value is -2.04. The minimum absolute atomic E-state index is 0.0618. The number of carbonyl (C=O) groups excluding carboxylic acids is 3. The second-order valence-corrected chi connectivity index (χ2v) is 9.80. The van der Waals surface area contributed by atoms with Crippen LogP contribution in [0.2, 0.25) is 0 Å². The molecule has 4 rings (SSSR count). The highest BCUT2D eigenvalue weighted by Crippen LogP contribution is 2.55. The zero-order valence-electron chi connectivity index (χ0n) is 16.9. The number of methoxy groups -OCH3 is 1. The molecule has 2 saturated heterocycles. The fraction of sp³-hybridized carbons (Fsp3) is 0.632. The molecule has 10 heteroatoms. The Morgan fingerprint density at radius 3 is 2.69 bits per heavy atom. The van der Waals surface area contributed by atoms with Crippen LogP contribution in [0.4, 0.5) is 4.79 Å². The van der Waals surface area contributed by atoms with E-state index in [1.807, 2.05) is 18.7 Å². The molecule has 2 fully saturated rings. The van der Waals surface area contributed by atoms with Crippen LogP contribution in [0.1, 0.15) is 20.8 Å². The number of fused-ring (bicyclic) bond motifs is 4. The van der Waals surface area contributed by atoms with Gasteiger partial charge >= 0.3 is 6.09 Å². The Morgan fingerprint density at radius 2 is 2.10 bits per heavy atom. The van der Waals surface area contributed by atoms with Crippen LogP contribution in [0.3, 0.4) is 0 Å². The predicted octanol–water partition coefficient (Wildman–Crippen LogP) is -0.312. The van der Waals surface area contributed by atoms with E-state index in [-0.39, 0.29) is 40.7 Å². The predicted molar refractivity (Wildman–Crippen MR) is 107 cm³/mol. The molecule has 0 aromatic carbocycles. The van der Waals surface area contributed by atoms with Crippen molar-refractivity contribution < 1.29 is 23.9 Å². The normalized spacial score (nSPS) is 33.0. The monoisotopic (exact) mass is 422 g/mol.